The molecule has 1 aliphatic rings. The molecule has 1 aromatic heterocycles. The summed E-state index contributed by atoms with van der Waals surface area (Å²) in [6, 6.07) is 4.37. The van der Waals surface area contributed by atoms with Gasteiger partial charge in [-0.1, -0.05) is 13.8 Å². The van der Waals surface area contributed by atoms with E-state index in [1.165, 1.54) is 16.2 Å². The summed E-state index contributed by atoms with van der Waals surface area (Å²) in [7, 11) is 0. The fourth-order valence-electron chi connectivity index (χ4n) is 2.10. The Balaban J connectivity index is 2.20. The van der Waals surface area contributed by atoms with Crippen LogP contribution in [0.3, 0.4) is 0 Å². The minimum atomic E-state index is 0.0209. The van der Waals surface area contributed by atoms with Crippen LogP contribution in [-0.4, -0.2) is 0 Å². The van der Waals surface area contributed by atoms with Crippen LogP contribution in [0.1, 0.15) is 30.0 Å². The van der Waals surface area contributed by atoms with Crippen molar-refractivity contribution in [2.45, 2.75) is 32.7 Å². The Morgan fingerprint density at radius 2 is 2.23 bits per heavy atom. The highest BCUT2D eigenvalue weighted by molar-refractivity contribution is 7.12. The van der Waals surface area contributed by atoms with Gasteiger partial charge in [0, 0.05) is 9.75 Å². The van der Waals surface area contributed by atoms with Crippen molar-refractivity contribution in [2.75, 3.05) is 0 Å². The van der Waals surface area contributed by atoms with Crippen molar-refractivity contribution < 1.29 is 0 Å². The lowest BCUT2D eigenvalue weighted by Crippen LogP contribution is -2.22. The van der Waals surface area contributed by atoms with Crippen molar-refractivity contribution >= 4 is 11.3 Å². The average Bonchev–Trinajstić information content (AvgIpc) is 2.54. The Morgan fingerprint density at radius 3 is 2.62 bits per heavy atom. The summed E-state index contributed by atoms with van der Waals surface area (Å²) in [6.07, 6.45) is 1.17. The third-order valence-corrected chi connectivity index (χ3v) is 4.26. The van der Waals surface area contributed by atoms with E-state index in [1.54, 1.807) is 0 Å². The summed E-state index contributed by atoms with van der Waals surface area (Å²) >= 11 is 1.85. The zero-order valence-electron chi connectivity index (χ0n) is 8.50. The molecule has 1 saturated carbocycles. The lowest BCUT2D eigenvalue weighted by Gasteiger charge is -2.11. The van der Waals surface area contributed by atoms with Crippen LogP contribution in [-0.2, 0) is 5.54 Å². The quantitative estimate of drug-likeness (QED) is 0.771. The lowest BCUT2D eigenvalue weighted by atomic mass is 10.0. The topological polar surface area (TPSA) is 26.0 Å². The van der Waals surface area contributed by atoms with Crippen molar-refractivity contribution in [2.24, 2.45) is 17.6 Å². The van der Waals surface area contributed by atoms with Gasteiger partial charge in [0.1, 0.15) is 0 Å². The molecule has 13 heavy (non-hydrogen) atoms. The molecule has 1 aliphatic carbocycles. The Bertz CT molecular complexity index is 316. The maximum absolute atomic E-state index is 6.34. The first-order valence-electron chi connectivity index (χ1n) is 4.90. The van der Waals surface area contributed by atoms with Crippen LogP contribution in [0.4, 0.5) is 0 Å². The van der Waals surface area contributed by atoms with E-state index in [0.717, 1.165) is 0 Å². The molecule has 2 unspecified atom stereocenters. The van der Waals surface area contributed by atoms with Crippen LogP contribution < -0.4 is 5.73 Å². The summed E-state index contributed by atoms with van der Waals surface area (Å²) < 4.78 is 0. The maximum Gasteiger partial charge on any atom is 0.0539 e. The molecule has 72 valence electrons. The molecule has 2 N–H and O–H groups in total. The van der Waals surface area contributed by atoms with Crippen LogP contribution >= 0.6 is 11.3 Å². The smallest absolute Gasteiger partial charge is 0.0539 e. The minimum absolute atomic E-state index is 0.0209. The van der Waals surface area contributed by atoms with E-state index in [1.807, 2.05) is 11.3 Å². The minimum Gasteiger partial charge on any atom is -0.320 e. The van der Waals surface area contributed by atoms with Crippen LogP contribution in [0.25, 0.3) is 0 Å². The molecule has 0 bridgehead atoms. The highest BCUT2D eigenvalue weighted by Gasteiger charge is 2.54. The predicted molar refractivity (Wildman–Crippen MR) is 57.9 cm³/mol. The van der Waals surface area contributed by atoms with E-state index in [2.05, 4.69) is 32.9 Å². The normalized spacial score (nSPS) is 32.5. The van der Waals surface area contributed by atoms with Gasteiger partial charge in [-0.15, -0.1) is 11.3 Å². The van der Waals surface area contributed by atoms with Gasteiger partial charge in [-0.2, -0.15) is 0 Å². The summed E-state index contributed by atoms with van der Waals surface area (Å²) in [5, 5.41) is 0. The van der Waals surface area contributed by atoms with Crippen molar-refractivity contribution in [3.8, 4) is 0 Å². The molecule has 0 amide bonds. The monoisotopic (exact) mass is 195 g/mol. The van der Waals surface area contributed by atoms with Crippen LogP contribution in [0.5, 0.6) is 0 Å². The van der Waals surface area contributed by atoms with Gasteiger partial charge in [-0.3, -0.25) is 0 Å². The number of rotatable bonds is 2. The van der Waals surface area contributed by atoms with Gasteiger partial charge < -0.3 is 5.73 Å². The molecule has 0 aliphatic heterocycles. The Labute approximate surface area is 84.0 Å². The summed E-state index contributed by atoms with van der Waals surface area (Å²) in [5.74, 6) is 1.41. The highest BCUT2D eigenvalue weighted by Crippen LogP contribution is 2.55. The molecule has 1 nitrogen and oxygen atoms in total. The molecule has 0 saturated heterocycles. The average molecular weight is 195 g/mol. The molecule has 2 atom stereocenters. The second-order valence-electron chi connectivity index (χ2n) is 4.51. The molecular formula is C11H17NS. The zero-order valence-corrected chi connectivity index (χ0v) is 9.32. The summed E-state index contributed by atoms with van der Waals surface area (Å²) in [4.78, 5) is 2.75. The molecule has 2 rings (SSSR count). The summed E-state index contributed by atoms with van der Waals surface area (Å²) in [6.45, 7) is 6.67. The molecule has 2 heteroatoms. The van der Waals surface area contributed by atoms with E-state index in [-0.39, 0.29) is 5.54 Å². The van der Waals surface area contributed by atoms with Gasteiger partial charge in [0.2, 0.25) is 0 Å². The summed E-state index contributed by atoms with van der Waals surface area (Å²) in [5.41, 5.74) is 6.36. The molecule has 1 aromatic rings. The molecule has 1 heterocycles. The zero-order chi connectivity index (χ0) is 9.64. The second kappa shape index (κ2) is 2.82. The number of thiophene rings is 1. The molecule has 1 fully saturated rings. The van der Waals surface area contributed by atoms with E-state index in [4.69, 9.17) is 5.73 Å². The first-order chi connectivity index (χ1) is 6.04. The molecular weight excluding hydrogens is 178 g/mol. The van der Waals surface area contributed by atoms with Crippen molar-refractivity contribution in [3.63, 3.8) is 0 Å². The fourth-order valence-corrected chi connectivity index (χ4v) is 3.15. The number of nitrogens with two attached hydrogens (primary N) is 1. The van der Waals surface area contributed by atoms with E-state index in [9.17, 15) is 0 Å². The number of aryl methyl sites for hydroxylation is 1. The highest BCUT2D eigenvalue weighted by atomic mass is 32.1. The molecule has 0 radical (unpaired) electrons. The van der Waals surface area contributed by atoms with E-state index >= 15 is 0 Å². The van der Waals surface area contributed by atoms with Gasteiger partial charge in [0.15, 0.2) is 0 Å². The van der Waals surface area contributed by atoms with Gasteiger partial charge in [-0.05, 0) is 37.3 Å². The van der Waals surface area contributed by atoms with Gasteiger partial charge >= 0.3 is 0 Å². The third kappa shape index (κ3) is 1.42. The van der Waals surface area contributed by atoms with Gasteiger partial charge in [0.25, 0.3) is 0 Å². The van der Waals surface area contributed by atoms with Crippen molar-refractivity contribution in [1.82, 2.24) is 0 Å². The van der Waals surface area contributed by atoms with Crippen LogP contribution in [0.15, 0.2) is 12.1 Å². The standard InChI is InChI=1S/C11H17NS/c1-7(2)9-6-11(9,12)10-5-4-8(3)13-10/h4-5,7,9H,6,12H2,1-3H3. The van der Waals surface area contributed by atoms with Crippen LogP contribution in [0, 0.1) is 18.8 Å². The number of hydrogen-bond acceptors (Lipinski definition) is 2. The Morgan fingerprint density at radius 1 is 1.54 bits per heavy atom. The first-order valence-corrected chi connectivity index (χ1v) is 5.71. The van der Waals surface area contributed by atoms with Crippen molar-refractivity contribution in [3.05, 3.63) is 21.9 Å². The second-order valence-corrected chi connectivity index (χ2v) is 5.79. The lowest BCUT2D eigenvalue weighted by molar-refractivity contribution is 0.492. The SMILES string of the molecule is Cc1ccc(C2(N)CC2C(C)C)s1. The van der Waals surface area contributed by atoms with Gasteiger partial charge in [-0.25, -0.2) is 0 Å². The van der Waals surface area contributed by atoms with Crippen LogP contribution in [0.2, 0.25) is 0 Å². The fraction of sp³-hybridized carbons (Fsp3) is 0.636. The molecule has 0 spiro atoms. The van der Waals surface area contributed by atoms with E-state index < -0.39 is 0 Å². The first kappa shape index (κ1) is 9.22. The predicted octanol–water partition coefficient (Wildman–Crippen LogP) is 2.89. The Kier molecular flexibility index (Phi) is 2.00. The van der Waals surface area contributed by atoms with Gasteiger partial charge in [0.05, 0.1) is 5.54 Å². The number of hydrogen-bond donors (Lipinski definition) is 1. The van der Waals surface area contributed by atoms with Crippen molar-refractivity contribution in [1.29, 1.82) is 0 Å². The maximum atomic E-state index is 6.34. The molecule has 0 aromatic carbocycles. The third-order valence-electron chi connectivity index (χ3n) is 3.06. The van der Waals surface area contributed by atoms with E-state index in [0.29, 0.717) is 11.8 Å². The Hall–Kier alpha value is -0.340. The largest absolute Gasteiger partial charge is 0.320 e.